The van der Waals surface area contributed by atoms with Gasteiger partial charge in [-0.3, -0.25) is 4.79 Å². The minimum atomic E-state index is 0.274. The van der Waals surface area contributed by atoms with Gasteiger partial charge in [-0.25, -0.2) is 4.98 Å². The highest BCUT2D eigenvalue weighted by Gasteiger charge is 1.97. The van der Waals surface area contributed by atoms with Crippen LogP contribution in [0, 0.1) is 0 Å². The van der Waals surface area contributed by atoms with Gasteiger partial charge in [0.05, 0.1) is 11.9 Å². The Morgan fingerprint density at radius 3 is 2.90 bits per heavy atom. The molecular formula is C6H5ClN2O. The van der Waals surface area contributed by atoms with E-state index in [4.69, 9.17) is 17.3 Å². The van der Waals surface area contributed by atoms with Gasteiger partial charge in [0.15, 0.2) is 6.29 Å². The number of aromatic nitrogens is 1. The second kappa shape index (κ2) is 2.66. The molecule has 52 valence electrons. The lowest BCUT2D eigenvalue weighted by molar-refractivity contribution is 0.112. The van der Waals surface area contributed by atoms with E-state index in [9.17, 15) is 4.79 Å². The largest absolute Gasteiger partial charge is 0.397 e. The lowest BCUT2D eigenvalue weighted by Crippen LogP contribution is -1.93. The summed E-state index contributed by atoms with van der Waals surface area (Å²) >= 11 is 5.47. The van der Waals surface area contributed by atoms with Crippen molar-refractivity contribution >= 4 is 23.6 Å². The van der Waals surface area contributed by atoms with E-state index < -0.39 is 0 Å². The van der Waals surface area contributed by atoms with Gasteiger partial charge in [0, 0.05) is 5.56 Å². The number of nitrogens with zero attached hydrogens (tertiary/aromatic N) is 1. The van der Waals surface area contributed by atoms with Gasteiger partial charge >= 0.3 is 0 Å². The first-order valence-electron chi connectivity index (χ1n) is 2.60. The van der Waals surface area contributed by atoms with E-state index in [0.29, 0.717) is 17.5 Å². The van der Waals surface area contributed by atoms with Crippen LogP contribution in [-0.4, -0.2) is 11.3 Å². The monoisotopic (exact) mass is 156 g/mol. The second-order valence-electron chi connectivity index (χ2n) is 1.75. The molecule has 0 atom stereocenters. The highest BCUT2D eigenvalue weighted by atomic mass is 35.5. The predicted octanol–water partition coefficient (Wildman–Crippen LogP) is 1.13. The normalized spacial score (nSPS) is 9.30. The molecular weight excluding hydrogens is 152 g/mol. The zero-order chi connectivity index (χ0) is 7.56. The van der Waals surface area contributed by atoms with E-state index in [1.807, 2.05) is 0 Å². The van der Waals surface area contributed by atoms with E-state index >= 15 is 0 Å². The molecule has 0 aromatic carbocycles. The maximum Gasteiger partial charge on any atom is 0.152 e. The quantitative estimate of drug-likeness (QED) is 0.490. The van der Waals surface area contributed by atoms with Crippen LogP contribution in [0.25, 0.3) is 0 Å². The number of carbonyl (C=O) groups excluding carboxylic acids is 1. The fourth-order valence-corrected chi connectivity index (χ4v) is 0.723. The summed E-state index contributed by atoms with van der Waals surface area (Å²) < 4.78 is 0. The highest BCUT2D eigenvalue weighted by molar-refractivity contribution is 6.29. The number of pyridine rings is 1. The fraction of sp³-hybridized carbons (Fsp3) is 0. The van der Waals surface area contributed by atoms with Crippen molar-refractivity contribution in [3.8, 4) is 0 Å². The van der Waals surface area contributed by atoms with Crippen LogP contribution in [0.15, 0.2) is 12.3 Å². The van der Waals surface area contributed by atoms with Gasteiger partial charge in [0.2, 0.25) is 0 Å². The summed E-state index contributed by atoms with van der Waals surface area (Å²) in [5, 5.41) is 0.274. The van der Waals surface area contributed by atoms with Crippen molar-refractivity contribution in [2.45, 2.75) is 0 Å². The number of aldehydes is 1. The lowest BCUT2D eigenvalue weighted by Gasteiger charge is -1.95. The summed E-state index contributed by atoms with van der Waals surface area (Å²) in [7, 11) is 0. The number of anilines is 1. The molecule has 2 N–H and O–H groups in total. The molecule has 0 spiro atoms. The number of halogens is 1. The minimum absolute atomic E-state index is 0.274. The summed E-state index contributed by atoms with van der Waals surface area (Å²) in [5.41, 5.74) is 6.07. The first-order chi connectivity index (χ1) is 4.74. The number of nitrogens with two attached hydrogens (primary N) is 1. The molecule has 3 nitrogen and oxygen atoms in total. The molecule has 0 aliphatic rings. The molecule has 0 fully saturated rings. The molecule has 0 amide bonds. The average Bonchev–Trinajstić information content (AvgIpc) is 1.94. The van der Waals surface area contributed by atoms with Gasteiger partial charge in [-0.2, -0.15) is 0 Å². The Hall–Kier alpha value is -1.09. The Kier molecular flexibility index (Phi) is 1.87. The van der Waals surface area contributed by atoms with E-state index in [2.05, 4.69) is 4.98 Å². The maximum atomic E-state index is 10.2. The molecule has 0 saturated carbocycles. The minimum Gasteiger partial charge on any atom is -0.397 e. The van der Waals surface area contributed by atoms with E-state index in [-0.39, 0.29) is 5.15 Å². The van der Waals surface area contributed by atoms with Crippen LogP contribution in [0.4, 0.5) is 5.69 Å². The van der Waals surface area contributed by atoms with Gasteiger partial charge in [0.25, 0.3) is 0 Å². The summed E-state index contributed by atoms with van der Waals surface area (Å²) in [5.74, 6) is 0. The Labute approximate surface area is 62.8 Å². The van der Waals surface area contributed by atoms with Crippen molar-refractivity contribution in [2.75, 3.05) is 5.73 Å². The van der Waals surface area contributed by atoms with Crippen LogP contribution in [0.1, 0.15) is 10.4 Å². The van der Waals surface area contributed by atoms with Crippen molar-refractivity contribution in [3.05, 3.63) is 23.0 Å². The molecule has 0 bridgehead atoms. The topological polar surface area (TPSA) is 56.0 Å². The molecule has 10 heavy (non-hydrogen) atoms. The van der Waals surface area contributed by atoms with Crippen LogP contribution in [-0.2, 0) is 0 Å². The van der Waals surface area contributed by atoms with Crippen molar-refractivity contribution in [2.24, 2.45) is 0 Å². The molecule has 1 heterocycles. The average molecular weight is 157 g/mol. The van der Waals surface area contributed by atoms with Crippen molar-refractivity contribution < 1.29 is 4.79 Å². The van der Waals surface area contributed by atoms with Crippen LogP contribution in [0.5, 0.6) is 0 Å². The Balaban J connectivity index is 3.21. The number of rotatable bonds is 1. The predicted molar refractivity (Wildman–Crippen MR) is 39.0 cm³/mol. The Morgan fingerprint density at radius 2 is 2.40 bits per heavy atom. The first-order valence-corrected chi connectivity index (χ1v) is 2.98. The summed E-state index contributed by atoms with van der Waals surface area (Å²) in [6, 6.07) is 1.42. The molecule has 0 radical (unpaired) electrons. The van der Waals surface area contributed by atoms with E-state index in [1.54, 1.807) is 0 Å². The second-order valence-corrected chi connectivity index (χ2v) is 2.14. The SMILES string of the molecule is Nc1cnc(Cl)cc1C=O. The van der Waals surface area contributed by atoms with Crippen molar-refractivity contribution in [1.29, 1.82) is 0 Å². The molecule has 0 aliphatic carbocycles. The molecule has 0 unspecified atom stereocenters. The third-order valence-electron chi connectivity index (χ3n) is 1.06. The summed E-state index contributed by atoms with van der Waals surface area (Å²) in [4.78, 5) is 13.9. The highest BCUT2D eigenvalue weighted by Crippen LogP contribution is 2.11. The number of hydrogen-bond acceptors (Lipinski definition) is 3. The molecule has 1 rings (SSSR count). The van der Waals surface area contributed by atoms with Crippen LogP contribution in [0.3, 0.4) is 0 Å². The van der Waals surface area contributed by atoms with Crippen molar-refractivity contribution in [3.63, 3.8) is 0 Å². The van der Waals surface area contributed by atoms with Gasteiger partial charge in [-0.05, 0) is 6.07 Å². The molecule has 4 heteroatoms. The van der Waals surface area contributed by atoms with Gasteiger partial charge < -0.3 is 5.73 Å². The third kappa shape index (κ3) is 1.25. The van der Waals surface area contributed by atoms with Crippen LogP contribution >= 0.6 is 11.6 Å². The fourth-order valence-electron chi connectivity index (χ4n) is 0.557. The number of nitrogen functional groups attached to an aromatic ring is 1. The van der Waals surface area contributed by atoms with Gasteiger partial charge in [-0.15, -0.1) is 0 Å². The number of hydrogen-bond donors (Lipinski definition) is 1. The summed E-state index contributed by atoms with van der Waals surface area (Å²) in [6.45, 7) is 0. The maximum absolute atomic E-state index is 10.2. The van der Waals surface area contributed by atoms with Crippen LogP contribution < -0.4 is 5.73 Å². The molecule has 1 aromatic heterocycles. The molecule has 0 aliphatic heterocycles. The third-order valence-corrected chi connectivity index (χ3v) is 1.27. The van der Waals surface area contributed by atoms with Crippen molar-refractivity contribution in [1.82, 2.24) is 4.98 Å². The lowest BCUT2D eigenvalue weighted by atomic mass is 10.2. The van der Waals surface area contributed by atoms with Crippen LogP contribution in [0.2, 0.25) is 5.15 Å². The Bertz CT molecular complexity index is 262. The first kappa shape index (κ1) is 7.02. The smallest absolute Gasteiger partial charge is 0.152 e. The van der Waals surface area contributed by atoms with E-state index in [0.717, 1.165) is 0 Å². The summed E-state index contributed by atoms with van der Waals surface area (Å²) in [6.07, 6.45) is 2.00. The standard InChI is InChI=1S/C6H5ClN2O/c7-6-1-4(3-10)5(8)2-9-6/h1-3H,8H2. The zero-order valence-electron chi connectivity index (χ0n) is 5.04. The molecule has 1 aromatic rings. The zero-order valence-corrected chi connectivity index (χ0v) is 5.80. The Morgan fingerprint density at radius 1 is 1.70 bits per heavy atom. The van der Waals surface area contributed by atoms with Gasteiger partial charge in [0.1, 0.15) is 5.15 Å². The van der Waals surface area contributed by atoms with Gasteiger partial charge in [-0.1, -0.05) is 11.6 Å². The number of carbonyl (C=O) groups is 1. The van der Waals surface area contributed by atoms with E-state index in [1.165, 1.54) is 12.3 Å². The molecule has 0 saturated heterocycles.